The van der Waals surface area contributed by atoms with E-state index in [-0.39, 0.29) is 5.57 Å². The van der Waals surface area contributed by atoms with Gasteiger partial charge >= 0.3 is 0 Å². The van der Waals surface area contributed by atoms with Crippen LogP contribution in [-0.2, 0) is 4.79 Å². The minimum Gasteiger partial charge on any atom is -0.503 e. The van der Waals surface area contributed by atoms with Crippen molar-refractivity contribution in [3.8, 4) is 10.6 Å². The Morgan fingerprint density at radius 2 is 1.85 bits per heavy atom. The molecule has 0 bridgehead atoms. The lowest BCUT2D eigenvalue weighted by Crippen LogP contribution is -2.36. The molecule has 9 heteroatoms. The van der Waals surface area contributed by atoms with E-state index in [0.29, 0.717) is 44.3 Å². The van der Waals surface area contributed by atoms with Gasteiger partial charge in [-0.05, 0) is 38.7 Å². The Kier molecular flexibility index (Phi) is 7.09. The molecule has 1 aromatic heterocycles. The molecule has 1 aliphatic heterocycles. The zero-order valence-electron chi connectivity index (χ0n) is 18.9. The van der Waals surface area contributed by atoms with Gasteiger partial charge in [-0.25, -0.2) is 4.98 Å². The first-order chi connectivity index (χ1) is 16.2. The standard InChI is InChI=1S/C25H23Cl2N3O3S/c1-14-23(34-24(28-14)15-7-5-4-6-8-15)21(31)19-20(16-9-10-17(26)18(27)13-16)30(12-11-29(2)3)25(33)22(19)32/h4-10,13,20,32H,11-12H2,1-3H3. The van der Waals surface area contributed by atoms with Crippen LogP contribution in [-0.4, -0.2) is 58.8 Å². The van der Waals surface area contributed by atoms with E-state index in [1.54, 1.807) is 25.1 Å². The maximum Gasteiger partial charge on any atom is 0.290 e. The zero-order chi connectivity index (χ0) is 24.6. The lowest BCUT2D eigenvalue weighted by atomic mass is 9.95. The van der Waals surface area contributed by atoms with Crippen LogP contribution in [0.25, 0.3) is 10.6 Å². The highest BCUT2D eigenvalue weighted by atomic mass is 35.5. The maximum atomic E-state index is 13.8. The number of hydrogen-bond donors (Lipinski definition) is 1. The van der Waals surface area contributed by atoms with Crippen LogP contribution in [0.3, 0.4) is 0 Å². The van der Waals surface area contributed by atoms with Gasteiger partial charge < -0.3 is 14.9 Å². The second-order valence-corrected chi connectivity index (χ2v) is 10.1. The van der Waals surface area contributed by atoms with Crippen molar-refractivity contribution in [2.24, 2.45) is 0 Å². The highest BCUT2D eigenvalue weighted by molar-refractivity contribution is 7.17. The molecule has 1 amide bonds. The third kappa shape index (κ3) is 4.61. The number of thiazole rings is 1. The van der Waals surface area contributed by atoms with Gasteiger partial charge in [0.25, 0.3) is 5.91 Å². The van der Waals surface area contributed by atoms with E-state index in [4.69, 9.17) is 23.2 Å². The van der Waals surface area contributed by atoms with Gasteiger partial charge in [0.05, 0.1) is 32.2 Å². The Morgan fingerprint density at radius 1 is 1.15 bits per heavy atom. The average molecular weight is 516 g/mol. The molecule has 0 spiro atoms. The van der Waals surface area contributed by atoms with E-state index in [2.05, 4.69) is 4.98 Å². The van der Waals surface area contributed by atoms with E-state index in [0.717, 1.165) is 5.56 Å². The Balaban J connectivity index is 1.79. The van der Waals surface area contributed by atoms with Crippen LogP contribution in [0.4, 0.5) is 0 Å². The summed E-state index contributed by atoms with van der Waals surface area (Å²) >= 11 is 13.6. The number of rotatable bonds is 7. The van der Waals surface area contributed by atoms with Crippen molar-refractivity contribution >= 4 is 46.2 Å². The highest BCUT2D eigenvalue weighted by Crippen LogP contribution is 2.42. The van der Waals surface area contributed by atoms with Crippen LogP contribution in [0.5, 0.6) is 0 Å². The molecule has 0 aliphatic carbocycles. The summed E-state index contributed by atoms with van der Waals surface area (Å²) in [5.74, 6) is -1.56. The summed E-state index contributed by atoms with van der Waals surface area (Å²) in [7, 11) is 3.78. The Labute approximate surface area is 212 Å². The van der Waals surface area contributed by atoms with Crippen LogP contribution in [0.15, 0.2) is 59.9 Å². The van der Waals surface area contributed by atoms with E-state index in [9.17, 15) is 14.7 Å². The number of carbonyl (C=O) groups excluding carboxylic acids is 2. The van der Waals surface area contributed by atoms with Crippen molar-refractivity contribution in [2.75, 3.05) is 27.2 Å². The molecule has 4 rings (SSSR count). The molecule has 2 heterocycles. The summed E-state index contributed by atoms with van der Waals surface area (Å²) in [6.45, 7) is 2.62. The van der Waals surface area contributed by atoms with Crippen LogP contribution >= 0.6 is 34.5 Å². The number of nitrogens with zero attached hydrogens (tertiary/aromatic N) is 3. The molecule has 1 aliphatic rings. The Hall–Kier alpha value is -2.71. The van der Waals surface area contributed by atoms with Crippen molar-refractivity contribution in [1.29, 1.82) is 0 Å². The molecule has 2 aromatic carbocycles. The van der Waals surface area contributed by atoms with E-state index >= 15 is 0 Å². The van der Waals surface area contributed by atoms with Gasteiger partial charge in [-0.1, -0.05) is 59.6 Å². The predicted octanol–water partition coefficient (Wildman–Crippen LogP) is 5.57. The minimum absolute atomic E-state index is 0.0218. The number of ketones is 1. The van der Waals surface area contributed by atoms with Crippen molar-refractivity contribution in [1.82, 2.24) is 14.8 Å². The first-order valence-electron chi connectivity index (χ1n) is 10.6. The van der Waals surface area contributed by atoms with Crippen LogP contribution < -0.4 is 0 Å². The molecule has 0 saturated carbocycles. The summed E-state index contributed by atoms with van der Waals surface area (Å²) < 4.78 is 0. The summed E-state index contributed by atoms with van der Waals surface area (Å²) in [6, 6.07) is 13.7. The van der Waals surface area contributed by atoms with Gasteiger partial charge in [0, 0.05) is 18.7 Å². The molecule has 176 valence electrons. The molecule has 0 radical (unpaired) electrons. The third-order valence-corrected chi connectivity index (χ3v) is 7.56. The quantitative estimate of drug-likeness (QED) is 0.416. The second kappa shape index (κ2) is 9.88. The fraction of sp³-hybridized carbons (Fsp3) is 0.240. The predicted molar refractivity (Wildman–Crippen MR) is 136 cm³/mol. The molecule has 0 saturated heterocycles. The van der Waals surface area contributed by atoms with Crippen molar-refractivity contribution in [2.45, 2.75) is 13.0 Å². The minimum atomic E-state index is -0.795. The fourth-order valence-electron chi connectivity index (χ4n) is 3.89. The lowest BCUT2D eigenvalue weighted by Gasteiger charge is -2.28. The SMILES string of the molecule is Cc1nc(-c2ccccc2)sc1C(=O)C1=C(O)C(=O)N(CCN(C)C)C1c1ccc(Cl)c(Cl)c1. The number of aromatic nitrogens is 1. The third-order valence-electron chi connectivity index (χ3n) is 5.62. The molecule has 6 nitrogen and oxygen atoms in total. The number of hydrogen-bond acceptors (Lipinski definition) is 6. The lowest BCUT2D eigenvalue weighted by molar-refractivity contribution is -0.129. The molecular weight excluding hydrogens is 493 g/mol. The van der Waals surface area contributed by atoms with Gasteiger partial charge in [-0.3, -0.25) is 9.59 Å². The van der Waals surface area contributed by atoms with Gasteiger partial charge in [0.2, 0.25) is 5.78 Å². The number of amides is 1. The van der Waals surface area contributed by atoms with Gasteiger partial charge in [0.15, 0.2) is 5.76 Å². The van der Waals surface area contributed by atoms with E-state index in [1.807, 2.05) is 49.3 Å². The summed E-state index contributed by atoms with van der Waals surface area (Å²) in [4.78, 5) is 35.3. The molecule has 1 N–H and O–H groups in total. The van der Waals surface area contributed by atoms with Crippen LogP contribution in [0.2, 0.25) is 10.0 Å². The number of aliphatic hydroxyl groups is 1. The number of halogens is 2. The number of Topliss-reactive ketones (excluding diaryl/α,β-unsaturated/α-hetero) is 1. The average Bonchev–Trinajstić information content (AvgIpc) is 3.32. The van der Waals surface area contributed by atoms with E-state index < -0.39 is 23.5 Å². The van der Waals surface area contributed by atoms with Crippen molar-refractivity contribution in [3.05, 3.63) is 86.0 Å². The normalized spacial score (nSPS) is 16.1. The molecule has 34 heavy (non-hydrogen) atoms. The molecule has 1 unspecified atom stereocenters. The van der Waals surface area contributed by atoms with E-state index in [1.165, 1.54) is 16.2 Å². The summed E-state index contributed by atoms with van der Waals surface area (Å²) in [5, 5.41) is 12.2. The first kappa shape index (κ1) is 24.4. The number of likely N-dealkylation sites (N-methyl/N-ethyl adjacent to an activating group) is 1. The fourth-order valence-corrected chi connectivity index (χ4v) is 5.22. The maximum absolute atomic E-state index is 13.8. The number of carbonyl (C=O) groups is 2. The molecule has 1 atom stereocenters. The first-order valence-corrected chi connectivity index (χ1v) is 12.2. The van der Waals surface area contributed by atoms with Crippen LogP contribution in [0.1, 0.15) is 27.0 Å². The largest absolute Gasteiger partial charge is 0.503 e. The van der Waals surface area contributed by atoms with Crippen molar-refractivity contribution < 1.29 is 14.7 Å². The number of aliphatic hydroxyl groups excluding tert-OH is 1. The summed E-state index contributed by atoms with van der Waals surface area (Å²) in [6.07, 6.45) is 0. The number of aryl methyl sites for hydroxylation is 1. The molecular formula is C25H23Cl2N3O3S. The van der Waals surface area contributed by atoms with Gasteiger partial charge in [-0.15, -0.1) is 11.3 Å². The molecule has 3 aromatic rings. The monoisotopic (exact) mass is 515 g/mol. The smallest absolute Gasteiger partial charge is 0.290 e. The van der Waals surface area contributed by atoms with Crippen LogP contribution in [0, 0.1) is 6.92 Å². The molecule has 0 fully saturated rings. The van der Waals surface area contributed by atoms with Gasteiger partial charge in [0.1, 0.15) is 5.01 Å². The zero-order valence-corrected chi connectivity index (χ0v) is 21.2. The second-order valence-electron chi connectivity index (χ2n) is 8.27. The number of benzene rings is 2. The summed E-state index contributed by atoms with van der Waals surface area (Å²) in [5.41, 5.74) is 2.05. The highest BCUT2D eigenvalue weighted by Gasteiger charge is 2.44. The Morgan fingerprint density at radius 3 is 2.50 bits per heavy atom. The van der Waals surface area contributed by atoms with Crippen molar-refractivity contribution in [3.63, 3.8) is 0 Å². The topological polar surface area (TPSA) is 73.7 Å². The Bertz CT molecular complexity index is 1290. The van der Waals surface area contributed by atoms with Gasteiger partial charge in [-0.2, -0.15) is 0 Å².